The van der Waals surface area contributed by atoms with Gasteiger partial charge in [0.25, 0.3) is 0 Å². The summed E-state index contributed by atoms with van der Waals surface area (Å²) in [5.41, 5.74) is 2.19. The summed E-state index contributed by atoms with van der Waals surface area (Å²) in [5.74, 6) is 0.0446. The van der Waals surface area contributed by atoms with Crippen LogP contribution >= 0.6 is 0 Å². The molecule has 2 aromatic rings. The first kappa shape index (κ1) is 14.3. The van der Waals surface area contributed by atoms with E-state index >= 15 is 0 Å². The quantitative estimate of drug-likeness (QED) is 0.911. The van der Waals surface area contributed by atoms with Gasteiger partial charge in [0.15, 0.2) is 5.78 Å². The van der Waals surface area contributed by atoms with Crippen molar-refractivity contribution in [2.45, 2.75) is 26.3 Å². The van der Waals surface area contributed by atoms with Gasteiger partial charge in [-0.1, -0.05) is 43.3 Å². The van der Waals surface area contributed by atoms with Crippen LogP contribution in [0.1, 0.15) is 31.9 Å². The largest absolute Gasteiger partial charge is 0.327 e. The van der Waals surface area contributed by atoms with Crippen LogP contribution in [-0.2, 0) is 4.79 Å². The van der Waals surface area contributed by atoms with Crippen molar-refractivity contribution in [2.24, 2.45) is 0 Å². The number of hydrogen-bond donors (Lipinski definition) is 2. The Morgan fingerprint density at radius 1 is 1.14 bits per heavy atom. The predicted molar refractivity (Wildman–Crippen MR) is 86.4 cm³/mol. The van der Waals surface area contributed by atoms with Crippen molar-refractivity contribution < 1.29 is 9.59 Å². The Labute approximate surface area is 129 Å². The molecular weight excluding hydrogens is 276 g/mol. The molecular formula is C18H18N2O2. The van der Waals surface area contributed by atoms with Crippen molar-refractivity contribution in [3.8, 4) is 0 Å². The lowest BCUT2D eigenvalue weighted by Gasteiger charge is -2.28. The smallest absolute Gasteiger partial charge is 0.319 e. The van der Waals surface area contributed by atoms with Gasteiger partial charge >= 0.3 is 6.03 Å². The maximum atomic E-state index is 12.3. The minimum atomic E-state index is -0.397. The molecule has 1 aliphatic heterocycles. The van der Waals surface area contributed by atoms with Crippen LogP contribution in [0.3, 0.4) is 0 Å². The molecule has 2 N–H and O–H groups in total. The summed E-state index contributed by atoms with van der Waals surface area (Å²) < 4.78 is 0. The van der Waals surface area contributed by atoms with Crippen molar-refractivity contribution in [3.63, 3.8) is 0 Å². The van der Waals surface area contributed by atoms with Gasteiger partial charge in [-0.15, -0.1) is 0 Å². The number of fused-ring (bicyclic) bond motifs is 1. The lowest BCUT2D eigenvalue weighted by atomic mass is 9.90. The van der Waals surface area contributed by atoms with E-state index in [2.05, 4.69) is 10.6 Å². The Morgan fingerprint density at radius 3 is 2.59 bits per heavy atom. The number of urea groups is 1. The lowest BCUT2D eigenvalue weighted by Crippen LogP contribution is -2.45. The van der Waals surface area contributed by atoms with Crippen molar-refractivity contribution in [1.82, 2.24) is 10.6 Å². The molecule has 0 saturated heterocycles. The zero-order valence-electron chi connectivity index (χ0n) is 12.6. The molecule has 0 bridgehead atoms. The Hall–Kier alpha value is -2.62. The fourth-order valence-electron chi connectivity index (χ4n) is 2.89. The molecule has 1 atom stereocenters. The summed E-state index contributed by atoms with van der Waals surface area (Å²) in [5, 5.41) is 7.78. The predicted octanol–water partition coefficient (Wildman–Crippen LogP) is 3.45. The second kappa shape index (κ2) is 5.64. The summed E-state index contributed by atoms with van der Waals surface area (Å²) >= 11 is 0. The van der Waals surface area contributed by atoms with E-state index < -0.39 is 6.04 Å². The summed E-state index contributed by atoms with van der Waals surface area (Å²) in [4.78, 5) is 24.1. The first-order valence-electron chi connectivity index (χ1n) is 7.40. The maximum absolute atomic E-state index is 12.3. The van der Waals surface area contributed by atoms with E-state index in [1.807, 2.05) is 49.4 Å². The van der Waals surface area contributed by atoms with Crippen LogP contribution in [0.4, 0.5) is 4.79 Å². The molecule has 22 heavy (non-hydrogen) atoms. The number of rotatable bonds is 3. The SMILES string of the molecule is CCC(=O)C1=C(C)NC(=O)NC1c1ccc2ccccc2c1. The van der Waals surface area contributed by atoms with Crippen LogP contribution in [0.25, 0.3) is 10.8 Å². The highest BCUT2D eigenvalue weighted by atomic mass is 16.2. The molecule has 112 valence electrons. The van der Waals surface area contributed by atoms with Gasteiger partial charge in [0.1, 0.15) is 0 Å². The van der Waals surface area contributed by atoms with Crippen LogP contribution in [0, 0.1) is 0 Å². The van der Waals surface area contributed by atoms with E-state index in [1.165, 1.54) is 0 Å². The van der Waals surface area contributed by atoms with E-state index in [4.69, 9.17) is 0 Å². The molecule has 4 heteroatoms. The van der Waals surface area contributed by atoms with Crippen LogP contribution in [0.5, 0.6) is 0 Å². The summed E-state index contributed by atoms with van der Waals surface area (Å²) in [6, 6.07) is 13.4. The molecule has 0 spiro atoms. The van der Waals surface area contributed by atoms with Gasteiger partial charge in [0.05, 0.1) is 6.04 Å². The summed E-state index contributed by atoms with van der Waals surface area (Å²) in [6.45, 7) is 3.60. The highest BCUT2D eigenvalue weighted by molar-refractivity contribution is 6.00. The van der Waals surface area contributed by atoms with Gasteiger partial charge in [0, 0.05) is 17.7 Å². The highest BCUT2D eigenvalue weighted by Crippen LogP contribution is 2.30. The number of Topliss-reactive ketones (excluding diaryl/α,β-unsaturated/α-hetero) is 1. The van der Waals surface area contributed by atoms with Gasteiger partial charge in [-0.3, -0.25) is 4.79 Å². The molecule has 0 aliphatic carbocycles. The normalized spacial score (nSPS) is 18.1. The number of allylic oxidation sites excluding steroid dienone is 1. The van der Waals surface area contributed by atoms with E-state index in [0.717, 1.165) is 16.3 Å². The lowest BCUT2D eigenvalue weighted by molar-refractivity contribution is -0.115. The van der Waals surface area contributed by atoms with Gasteiger partial charge in [0.2, 0.25) is 0 Å². The number of ketones is 1. The molecule has 2 aromatic carbocycles. The van der Waals surface area contributed by atoms with E-state index in [1.54, 1.807) is 6.92 Å². The van der Waals surface area contributed by atoms with Crippen molar-refractivity contribution in [3.05, 3.63) is 59.3 Å². The Kier molecular flexibility index (Phi) is 3.67. The fourth-order valence-corrected chi connectivity index (χ4v) is 2.89. The van der Waals surface area contributed by atoms with Gasteiger partial charge in [-0.25, -0.2) is 4.79 Å². The van der Waals surface area contributed by atoms with Gasteiger partial charge < -0.3 is 10.6 Å². The Balaban J connectivity index is 2.11. The third-order valence-electron chi connectivity index (χ3n) is 4.00. The first-order chi connectivity index (χ1) is 10.6. The van der Waals surface area contributed by atoms with Gasteiger partial charge in [-0.2, -0.15) is 0 Å². The molecule has 0 radical (unpaired) electrons. The number of benzene rings is 2. The summed E-state index contributed by atoms with van der Waals surface area (Å²) in [7, 11) is 0. The number of carbonyl (C=O) groups excluding carboxylic acids is 2. The highest BCUT2D eigenvalue weighted by Gasteiger charge is 2.30. The average molecular weight is 294 g/mol. The number of hydrogen-bond acceptors (Lipinski definition) is 2. The number of carbonyl (C=O) groups is 2. The van der Waals surface area contributed by atoms with Crippen LogP contribution in [-0.4, -0.2) is 11.8 Å². The first-order valence-corrected chi connectivity index (χ1v) is 7.40. The third kappa shape index (κ3) is 2.48. The van der Waals surface area contributed by atoms with Crippen molar-refractivity contribution in [1.29, 1.82) is 0 Å². The minimum Gasteiger partial charge on any atom is -0.327 e. The second-order valence-electron chi connectivity index (χ2n) is 5.45. The van der Waals surface area contributed by atoms with E-state index in [-0.39, 0.29) is 11.8 Å². The van der Waals surface area contributed by atoms with Crippen LogP contribution < -0.4 is 10.6 Å². The molecule has 4 nitrogen and oxygen atoms in total. The molecule has 1 heterocycles. The molecule has 0 fully saturated rings. The topological polar surface area (TPSA) is 58.2 Å². The Morgan fingerprint density at radius 2 is 1.86 bits per heavy atom. The molecule has 0 saturated carbocycles. The molecule has 0 aromatic heterocycles. The molecule has 1 aliphatic rings. The van der Waals surface area contributed by atoms with Crippen molar-refractivity contribution in [2.75, 3.05) is 0 Å². The zero-order chi connectivity index (χ0) is 15.7. The summed E-state index contributed by atoms with van der Waals surface area (Å²) in [6.07, 6.45) is 0.411. The molecule has 3 rings (SSSR count). The third-order valence-corrected chi connectivity index (χ3v) is 4.00. The van der Waals surface area contributed by atoms with E-state index in [9.17, 15) is 9.59 Å². The monoisotopic (exact) mass is 294 g/mol. The fraction of sp³-hybridized carbons (Fsp3) is 0.222. The average Bonchev–Trinajstić information content (AvgIpc) is 2.53. The van der Waals surface area contributed by atoms with Crippen molar-refractivity contribution >= 4 is 22.6 Å². The molecule has 1 unspecified atom stereocenters. The molecule has 2 amide bonds. The van der Waals surface area contributed by atoms with Gasteiger partial charge in [-0.05, 0) is 29.3 Å². The van der Waals surface area contributed by atoms with Crippen LogP contribution in [0.2, 0.25) is 0 Å². The minimum absolute atomic E-state index is 0.0446. The standard InChI is InChI=1S/C18H18N2O2/c1-3-15(21)16-11(2)19-18(22)20-17(16)14-9-8-12-6-4-5-7-13(12)10-14/h4-10,17H,3H2,1-2H3,(H2,19,20,22). The second-order valence-corrected chi connectivity index (χ2v) is 5.45. The van der Waals surface area contributed by atoms with E-state index in [0.29, 0.717) is 17.7 Å². The number of nitrogens with one attached hydrogen (secondary N) is 2. The number of amides is 2. The Bertz CT molecular complexity index is 793. The van der Waals surface area contributed by atoms with Crippen LogP contribution in [0.15, 0.2) is 53.7 Å². The maximum Gasteiger partial charge on any atom is 0.319 e. The zero-order valence-corrected chi connectivity index (χ0v) is 12.6.